The van der Waals surface area contributed by atoms with E-state index in [2.05, 4.69) is 22.1 Å². The Balaban J connectivity index is 1.48. The lowest BCUT2D eigenvalue weighted by atomic mass is 10.1. The number of nitro benzene ring substituents is 1. The molecule has 1 heterocycles. The number of para-hydroxylation sites is 1. The maximum atomic E-state index is 11.0. The van der Waals surface area contributed by atoms with Crippen molar-refractivity contribution in [1.82, 2.24) is 9.91 Å². The predicted molar refractivity (Wildman–Crippen MR) is 109 cm³/mol. The Morgan fingerprint density at radius 2 is 1.78 bits per heavy atom. The summed E-state index contributed by atoms with van der Waals surface area (Å²) in [7, 11) is 0. The topological polar surface area (TPSA) is 62.0 Å². The van der Waals surface area contributed by atoms with Gasteiger partial charge in [-0.2, -0.15) is 5.10 Å². The quantitative estimate of drug-likeness (QED) is 0.428. The molecule has 0 aliphatic carbocycles. The van der Waals surface area contributed by atoms with Crippen molar-refractivity contribution in [3.63, 3.8) is 0 Å². The average Bonchev–Trinajstić information content (AvgIpc) is 2.68. The maximum absolute atomic E-state index is 11.0. The Morgan fingerprint density at radius 1 is 1.07 bits per heavy atom. The number of hydrogen-bond donors (Lipinski definition) is 0. The van der Waals surface area contributed by atoms with Gasteiger partial charge in [-0.05, 0) is 35.9 Å². The highest BCUT2D eigenvalue weighted by Gasteiger charge is 2.15. The lowest BCUT2D eigenvalue weighted by molar-refractivity contribution is -0.385. The van der Waals surface area contributed by atoms with Crippen LogP contribution in [0, 0.1) is 10.1 Å². The smallest absolute Gasteiger partial charge is 0.276 e. The molecule has 0 unspecified atom stereocenters. The molecule has 6 nitrogen and oxygen atoms in total. The van der Waals surface area contributed by atoms with Crippen LogP contribution in [0.25, 0.3) is 6.08 Å². The second-order valence-corrected chi connectivity index (χ2v) is 6.73. The fraction of sp³-hybridized carbons (Fsp3) is 0.250. The summed E-state index contributed by atoms with van der Waals surface area (Å²) in [6.45, 7) is 4.49. The number of allylic oxidation sites excluding steroid dienone is 1. The first-order valence-electron chi connectivity index (χ1n) is 8.77. The first kappa shape index (κ1) is 19.1. The fourth-order valence-corrected chi connectivity index (χ4v) is 3.06. The Bertz CT molecular complexity index is 828. The van der Waals surface area contributed by atoms with E-state index in [1.165, 1.54) is 11.6 Å². The number of rotatable bonds is 6. The summed E-state index contributed by atoms with van der Waals surface area (Å²) < 4.78 is 0. The number of piperazine rings is 1. The molecule has 0 amide bonds. The highest BCUT2D eigenvalue weighted by molar-refractivity contribution is 6.30. The molecule has 0 saturated carbocycles. The zero-order valence-corrected chi connectivity index (χ0v) is 15.6. The van der Waals surface area contributed by atoms with Crippen molar-refractivity contribution >= 4 is 29.6 Å². The molecule has 0 aromatic heterocycles. The number of hydrazone groups is 1. The van der Waals surface area contributed by atoms with Gasteiger partial charge in [0.25, 0.3) is 5.69 Å². The van der Waals surface area contributed by atoms with Gasteiger partial charge in [-0.15, -0.1) is 0 Å². The largest absolute Gasteiger partial charge is 0.295 e. The van der Waals surface area contributed by atoms with Crippen molar-refractivity contribution < 1.29 is 4.92 Å². The monoisotopic (exact) mass is 384 g/mol. The molecule has 7 heteroatoms. The first-order valence-corrected chi connectivity index (χ1v) is 9.15. The number of nitro groups is 1. The summed E-state index contributed by atoms with van der Waals surface area (Å²) in [5, 5.41) is 18.2. The van der Waals surface area contributed by atoms with Crippen LogP contribution in [-0.4, -0.2) is 47.2 Å². The predicted octanol–water partition coefficient (Wildman–Crippen LogP) is 4.07. The number of benzene rings is 2. The summed E-state index contributed by atoms with van der Waals surface area (Å²) in [5.41, 5.74) is 1.92. The van der Waals surface area contributed by atoms with Gasteiger partial charge in [0, 0.05) is 50.0 Å². The van der Waals surface area contributed by atoms with E-state index in [0.29, 0.717) is 5.56 Å². The Labute approximate surface area is 163 Å². The molecule has 1 aliphatic heterocycles. The Kier molecular flexibility index (Phi) is 6.57. The van der Waals surface area contributed by atoms with E-state index in [9.17, 15) is 10.1 Å². The standard InChI is InChI=1S/C20H21ClN4O2/c21-19-9-7-17(8-10-19)16-23-12-14-24(15-13-23)22-11-3-5-18-4-1-2-6-20(18)25(26)27/h1-11H,12-16H2/b5-3-,22-11+. The van der Waals surface area contributed by atoms with Gasteiger partial charge < -0.3 is 0 Å². The molecule has 0 N–H and O–H groups in total. The molecule has 2 aromatic rings. The van der Waals surface area contributed by atoms with E-state index in [1.54, 1.807) is 36.6 Å². The zero-order valence-electron chi connectivity index (χ0n) is 14.9. The van der Waals surface area contributed by atoms with Crippen molar-refractivity contribution in [3.8, 4) is 0 Å². The lowest BCUT2D eigenvalue weighted by Crippen LogP contribution is -2.43. The van der Waals surface area contributed by atoms with Gasteiger partial charge in [-0.1, -0.05) is 35.9 Å². The van der Waals surface area contributed by atoms with Crippen LogP contribution in [0.2, 0.25) is 5.02 Å². The van der Waals surface area contributed by atoms with Crippen molar-refractivity contribution in [2.75, 3.05) is 26.2 Å². The maximum Gasteiger partial charge on any atom is 0.276 e. The third-order valence-corrected chi connectivity index (χ3v) is 4.65. The molecule has 0 atom stereocenters. The van der Waals surface area contributed by atoms with Gasteiger partial charge in [-0.3, -0.25) is 20.0 Å². The van der Waals surface area contributed by atoms with Crippen molar-refractivity contribution in [2.24, 2.45) is 5.10 Å². The van der Waals surface area contributed by atoms with E-state index < -0.39 is 0 Å². The first-order chi connectivity index (χ1) is 13.1. The van der Waals surface area contributed by atoms with E-state index >= 15 is 0 Å². The molecular formula is C20H21ClN4O2. The minimum absolute atomic E-state index is 0.0953. The molecule has 0 spiro atoms. The molecule has 0 bridgehead atoms. The third-order valence-electron chi connectivity index (χ3n) is 4.39. The van der Waals surface area contributed by atoms with Crippen molar-refractivity contribution in [1.29, 1.82) is 0 Å². The van der Waals surface area contributed by atoms with Gasteiger partial charge in [0.1, 0.15) is 0 Å². The summed E-state index contributed by atoms with van der Waals surface area (Å²) in [6.07, 6.45) is 5.13. The lowest BCUT2D eigenvalue weighted by Gasteiger charge is -2.32. The van der Waals surface area contributed by atoms with E-state index in [1.807, 2.05) is 17.1 Å². The second kappa shape index (κ2) is 9.30. The van der Waals surface area contributed by atoms with Crippen LogP contribution >= 0.6 is 11.6 Å². The van der Waals surface area contributed by atoms with Crippen LogP contribution < -0.4 is 0 Å². The Hall–Kier alpha value is -2.70. The fourth-order valence-electron chi connectivity index (χ4n) is 2.93. The summed E-state index contributed by atoms with van der Waals surface area (Å²) in [6, 6.07) is 14.6. The van der Waals surface area contributed by atoms with Gasteiger partial charge in [0.05, 0.1) is 10.5 Å². The molecule has 1 aliphatic rings. The molecule has 1 fully saturated rings. The summed E-state index contributed by atoms with van der Waals surface area (Å²) in [5.74, 6) is 0. The zero-order chi connectivity index (χ0) is 19.1. The molecular weight excluding hydrogens is 364 g/mol. The molecule has 140 valence electrons. The highest BCUT2D eigenvalue weighted by Crippen LogP contribution is 2.18. The third kappa shape index (κ3) is 5.64. The second-order valence-electron chi connectivity index (χ2n) is 6.30. The average molecular weight is 385 g/mol. The van der Waals surface area contributed by atoms with E-state index in [4.69, 9.17) is 11.6 Å². The summed E-state index contributed by atoms with van der Waals surface area (Å²) >= 11 is 5.92. The van der Waals surface area contributed by atoms with E-state index in [0.717, 1.165) is 37.7 Å². The van der Waals surface area contributed by atoms with Crippen LogP contribution in [-0.2, 0) is 6.54 Å². The van der Waals surface area contributed by atoms with Crippen LogP contribution in [0.5, 0.6) is 0 Å². The molecule has 0 radical (unpaired) electrons. The highest BCUT2D eigenvalue weighted by atomic mass is 35.5. The van der Waals surface area contributed by atoms with Gasteiger partial charge in [-0.25, -0.2) is 0 Å². The van der Waals surface area contributed by atoms with Crippen LogP contribution in [0.1, 0.15) is 11.1 Å². The van der Waals surface area contributed by atoms with Gasteiger partial charge in [0.2, 0.25) is 0 Å². The van der Waals surface area contributed by atoms with Crippen LogP contribution in [0.15, 0.2) is 59.7 Å². The number of halogens is 1. The molecule has 27 heavy (non-hydrogen) atoms. The number of hydrogen-bond acceptors (Lipinski definition) is 5. The minimum Gasteiger partial charge on any atom is -0.295 e. The molecule has 1 saturated heterocycles. The van der Waals surface area contributed by atoms with Gasteiger partial charge in [0.15, 0.2) is 0 Å². The van der Waals surface area contributed by atoms with Crippen LogP contribution in [0.3, 0.4) is 0 Å². The minimum atomic E-state index is -0.378. The van der Waals surface area contributed by atoms with Crippen LogP contribution in [0.4, 0.5) is 5.69 Å². The normalized spacial score (nSPS) is 15.7. The van der Waals surface area contributed by atoms with Crippen molar-refractivity contribution in [3.05, 3.63) is 80.9 Å². The van der Waals surface area contributed by atoms with Gasteiger partial charge >= 0.3 is 0 Å². The molecule has 2 aromatic carbocycles. The summed E-state index contributed by atoms with van der Waals surface area (Å²) in [4.78, 5) is 13.0. The van der Waals surface area contributed by atoms with E-state index in [-0.39, 0.29) is 10.6 Å². The SMILES string of the molecule is O=[N+]([O-])c1ccccc1/C=C\C=N\N1CCN(Cc2ccc(Cl)cc2)CC1. The Morgan fingerprint density at radius 3 is 2.48 bits per heavy atom. The molecule has 3 rings (SSSR count). The number of nitrogens with zero attached hydrogens (tertiary/aromatic N) is 4. The van der Waals surface area contributed by atoms with Crippen molar-refractivity contribution in [2.45, 2.75) is 6.54 Å².